The van der Waals surface area contributed by atoms with Crippen LogP contribution in [0.5, 0.6) is 0 Å². The highest BCUT2D eigenvalue weighted by molar-refractivity contribution is 7.93. The second-order valence-corrected chi connectivity index (χ2v) is 8.64. The molecule has 1 heterocycles. The zero-order valence-electron chi connectivity index (χ0n) is 14.4. The molecular formula is C19H17FN2O3S2. The topological polar surface area (TPSA) is 66.5 Å². The lowest BCUT2D eigenvalue weighted by atomic mass is 10.2. The SMILES string of the molecule is CN(c1ccc(F)cc1)S(=O)(=O)c1csc(C(=O)NCc2ccccc2)c1. The number of halogens is 1. The fourth-order valence-electron chi connectivity index (χ4n) is 2.39. The summed E-state index contributed by atoms with van der Waals surface area (Å²) in [5.41, 5.74) is 1.28. The molecule has 0 saturated carbocycles. The first kappa shape index (κ1) is 19.1. The molecule has 27 heavy (non-hydrogen) atoms. The lowest BCUT2D eigenvalue weighted by Crippen LogP contribution is -2.26. The second kappa shape index (κ2) is 7.89. The maximum absolute atomic E-state index is 13.0. The van der Waals surface area contributed by atoms with Crippen LogP contribution in [0.2, 0.25) is 0 Å². The minimum Gasteiger partial charge on any atom is -0.347 e. The number of hydrogen-bond donors (Lipinski definition) is 1. The van der Waals surface area contributed by atoms with E-state index in [0.717, 1.165) is 21.2 Å². The van der Waals surface area contributed by atoms with Crippen molar-refractivity contribution in [3.8, 4) is 0 Å². The Balaban J connectivity index is 1.73. The van der Waals surface area contributed by atoms with Crippen LogP contribution in [-0.2, 0) is 16.6 Å². The minimum atomic E-state index is -3.84. The molecule has 0 unspecified atom stereocenters. The summed E-state index contributed by atoms with van der Waals surface area (Å²) in [4.78, 5) is 12.6. The molecule has 0 spiro atoms. The Labute approximate surface area is 161 Å². The molecule has 3 aromatic rings. The van der Waals surface area contributed by atoms with Gasteiger partial charge in [0.05, 0.1) is 15.5 Å². The van der Waals surface area contributed by atoms with Gasteiger partial charge in [-0.2, -0.15) is 0 Å². The van der Waals surface area contributed by atoms with Gasteiger partial charge in [-0.25, -0.2) is 12.8 Å². The third-order valence-electron chi connectivity index (χ3n) is 3.94. The van der Waals surface area contributed by atoms with Gasteiger partial charge in [-0.1, -0.05) is 30.3 Å². The van der Waals surface area contributed by atoms with Gasteiger partial charge in [0.25, 0.3) is 15.9 Å². The number of rotatable bonds is 6. The first-order valence-corrected chi connectivity index (χ1v) is 10.3. The Bertz CT molecular complexity index is 1030. The van der Waals surface area contributed by atoms with Crippen LogP contribution in [0.4, 0.5) is 10.1 Å². The van der Waals surface area contributed by atoms with Crippen LogP contribution in [0.15, 0.2) is 70.9 Å². The predicted octanol–water partition coefficient (Wildman–Crippen LogP) is 3.64. The molecular weight excluding hydrogens is 387 g/mol. The summed E-state index contributed by atoms with van der Waals surface area (Å²) in [6.07, 6.45) is 0. The number of thiophene rings is 1. The van der Waals surface area contributed by atoms with E-state index in [1.54, 1.807) is 0 Å². The van der Waals surface area contributed by atoms with Crippen molar-refractivity contribution < 1.29 is 17.6 Å². The van der Waals surface area contributed by atoms with Crippen molar-refractivity contribution in [2.75, 3.05) is 11.4 Å². The smallest absolute Gasteiger partial charge is 0.264 e. The van der Waals surface area contributed by atoms with Gasteiger partial charge < -0.3 is 5.32 Å². The molecule has 5 nitrogen and oxygen atoms in total. The lowest BCUT2D eigenvalue weighted by molar-refractivity contribution is 0.0955. The van der Waals surface area contributed by atoms with E-state index in [2.05, 4.69) is 5.32 Å². The largest absolute Gasteiger partial charge is 0.347 e. The van der Waals surface area contributed by atoms with Crippen molar-refractivity contribution in [2.45, 2.75) is 11.4 Å². The third-order valence-corrected chi connectivity index (χ3v) is 6.79. The summed E-state index contributed by atoms with van der Waals surface area (Å²) in [6, 6.07) is 15.9. The van der Waals surface area contributed by atoms with E-state index in [1.165, 1.54) is 42.8 Å². The highest BCUT2D eigenvalue weighted by Gasteiger charge is 2.24. The van der Waals surface area contributed by atoms with E-state index < -0.39 is 15.8 Å². The van der Waals surface area contributed by atoms with Crippen LogP contribution in [0.25, 0.3) is 0 Å². The predicted molar refractivity (Wildman–Crippen MR) is 104 cm³/mol. The first-order chi connectivity index (χ1) is 12.9. The van der Waals surface area contributed by atoms with Crippen LogP contribution in [-0.4, -0.2) is 21.4 Å². The average molecular weight is 404 g/mol. The monoisotopic (exact) mass is 404 g/mol. The maximum Gasteiger partial charge on any atom is 0.264 e. The third kappa shape index (κ3) is 4.35. The van der Waals surface area contributed by atoms with Gasteiger partial charge in [-0.05, 0) is 35.9 Å². The Hall–Kier alpha value is -2.71. The van der Waals surface area contributed by atoms with Crippen molar-refractivity contribution in [1.82, 2.24) is 5.32 Å². The number of sulfonamides is 1. The minimum absolute atomic E-state index is 0.0178. The van der Waals surface area contributed by atoms with E-state index in [1.807, 2.05) is 30.3 Å². The molecule has 0 bridgehead atoms. The number of carbonyl (C=O) groups is 1. The fourth-order valence-corrected chi connectivity index (χ4v) is 4.76. The van der Waals surface area contributed by atoms with Crippen molar-refractivity contribution >= 4 is 33.0 Å². The van der Waals surface area contributed by atoms with Gasteiger partial charge >= 0.3 is 0 Å². The maximum atomic E-state index is 13.0. The number of amides is 1. The van der Waals surface area contributed by atoms with Gasteiger partial charge in [0, 0.05) is 19.0 Å². The van der Waals surface area contributed by atoms with Crippen LogP contribution in [0.3, 0.4) is 0 Å². The standard InChI is InChI=1S/C19H17FN2O3S2/c1-22(16-9-7-15(20)8-10-16)27(24,25)17-11-18(26-13-17)19(23)21-12-14-5-3-2-4-6-14/h2-11,13H,12H2,1H3,(H,21,23). The molecule has 3 rings (SSSR count). The zero-order chi connectivity index (χ0) is 19.4. The van der Waals surface area contributed by atoms with E-state index in [9.17, 15) is 17.6 Å². The summed E-state index contributed by atoms with van der Waals surface area (Å²) >= 11 is 1.06. The molecule has 2 aromatic carbocycles. The fraction of sp³-hybridized carbons (Fsp3) is 0.105. The molecule has 0 saturated heterocycles. The van der Waals surface area contributed by atoms with E-state index in [0.29, 0.717) is 17.1 Å². The molecule has 0 fully saturated rings. The number of nitrogens with one attached hydrogen (secondary N) is 1. The van der Waals surface area contributed by atoms with Crippen LogP contribution in [0, 0.1) is 5.82 Å². The van der Waals surface area contributed by atoms with Crippen molar-refractivity contribution in [2.24, 2.45) is 0 Å². The summed E-state index contributed by atoms with van der Waals surface area (Å²) in [5.74, 6) is -0.785. The number of anilines is 1. The average Bonchev–Trinajstić information content (AvgIpc) is 3.18. The molecule has 0 aliphatic heterocycles. The van der Waals surface area contributed by atoms with Crippen LogP contribution in [0.1, 0.15) is 15.2 Å². The van der Waals surface area contributed by atoms with E-state index in [-0.39, 0.29) is 10.8 Å². The summed E-state index contributed by atoms with van der Waals surface area (Å²) in [5, 5.41) is 4.19. The quantitative estimate of drug-likeness (QED) is 0.682. The molecule has 0 radical (unpaired) electrons. The highest BCUT2D eigenvalue weighted by Crippen LogP contribution is 2.26. The van der Waals surface area contributed by atoms with Crippen molar-refractivity contribution in [1.29, 1.82) is 0 Å². The van der Waals surface area contributed by atoms with Crippen LogP contribution >= 0.6 is 11.3 Å². The van der Waals surface area contributed by atoms with E-state index in [4.69, 9.17) is 0 Å². The second-order valence-electron chi connectivity index (χ2n) is 5.76. The summed E-state index contributed by atoms with van der Waals surface area (Å²) in [6.45, 7) is 0.356. The number of hydrogen-bond acceptors (Lipinski definition) is 4. The van der Waals surface area contributed by atoms with Gasteiger partial charge in [0.1, 0.15) is 5.82 Å². The number of benzene rings is 2. The Kier molecular flexibility index (Phi) is 5.57. The molecule has 140 valence electrons. The molecule has 1 amide bonds. The van der Waals surface area contributed by atoms with E-state index >= 15 is 0 Å². The molecule has 1 aromatic heterocycles. The van der Waals surface area contributed by atoms with Crippen molar-refractivity contribution in [3.63, 3.8) is 0 Å². The molecule has 0 aliphatic carbocycles. The summed E-state index contributed by atoms with van der Waals surface area (Å²) in [7, 11) is -2.46. The normalized spacial score (nSPS) is 11.2. The number of nitrogens with zero attached hydrogens (tertiary/aromatic N) is 1. The Morgan fingerprint density at radius 2 is 1.78 bits per heavy atom. The number of carbonyl (C=O) groups excluding carboxylic acids is 1. The Morgan fingerprint density at radius 1 is 1.11 bits per heavy atom. The Morgan fingerprint density at radius 3 is 2.44 bits per heavy atom. The molecule has 8 heteroatoms. The summed E-state index contributed by atoms with van der Waals surface area (Å²) < 4.78 is 39.6. The molecule has 0 aliphatic rings. The molecule has 0 atom stereocenters. The van der Waals surface area contributed by atoms with Gasteiger partial charge in [-0.3, -0.25) is 9.10 Å². The first-order valence-electron chi connectivity index (χ1n) is 8.03. The zero-order valence-corrected chi connectivity index (χ0v) is 16.1. The lowest BCUT2D eigenvalue weighted by Gasteiger charge is -2.18. The van der Waals surface area contributed by atoms with Gasteiger partial charge in [0.2, 0.25) is 0 Å². The van der Waals surface area contributed by atoms with Gasteiger partial charge in [-0.15, -0.1) is 11.3 Å². The van der Waals surface area contributed by atoms with Gasteiger partial charge in [0.15, 0.2) is 0 Å². The van der Waals surface area contributed by atoms with Crippen molar-refractivity contribution in [3.05, 3.63) is 82.3 Å². The molecule has 1 N–H and O–H groups in total. The van der Waals surface area contributed by atoms with Crippen LogP contribution < -0.4 is 9.62 Å². The highest BCUT2D eigenvalue weighted by atomic mass is 32.2.